The van der Waals surface area contributed by atoms with Crippen molar-refractivity contribution in [1.82, 2.24) is 10.6 Å². The molecular weight excluding hydrogens is 256 g/mol. The van der Waals surface area contributed by atoms with E-state index in [2.05, 4.69) is 29.8 Å². The molecular formula is C16H23ClN2. The van der Waals surface area contributed by atoms with Crippen LogP contribution in [0.4, 0.5) is 0 Å². The van der Waals surface area contributed by atoms with E-state index in [9.17, 15) is 0 Å². The Balaban J connectivity index is 1.95. The Labute approximate surface area is 120 Å². The van der Waals surface area contributed by atoms with Gasteiger partial charge in [-0.3, -0.25) is 0 Å². The lowest BCUT2D eigenvalue weighted by Gasteiger charge is -2.45. The molecule has 0 saturated heterocycles. The lowest BCUT2D eigenvalue weighted by Crippen LogP contribution is -2.58. The van der Waals surface area contributed by atoms with Crippen LogP contribution >= 0.6 is 11.6 Å². The predicted octanol–water partition coefficient (Wildman–Crippen LogP) is 3.45. The van der Waals surface area contributed by atoms with Gasteiger partial charge in [-0.15, -0.1) is 0 Å². The average Bonchev–Trinajstić information content (AvgIpc) is 3.24. The van der Waals surface area contributed by atoms with Crippen LogP contribution in [0.25, 0.3) is 0 Å². The molecule has 2 saturated carbocycles. The smallest absolute Gasteiger partial charge is 0.0602 e. The molecule has 1 aromatic carbocycles. The molecule has 0 bridgehead atoms. The topological polar surface area (TPSA) is 24.1 Å². The molecule has 2 aliphatic carbocycles. The van der Waals surface area contributed by atoms with Gasteiger partial charge in [0.1, 0.15) is 0 Å². The monoisotopic (exact) mass is 278 g/mol. The summed E-state index contributed by atoms with van der Waals surface area (Å²) in [7, 11) is 2.08. The van der Waals surface area contributed by atoms with E-state index in [4.69, 9.17) is 11.6 Å². The van der Waals surface area contributed by atoms with Gasteiger partial charge in [0.15, 0.2) is 0 Å². The first-order valence-corrected chi connectivity index (χ1v) is 7.84. The number of benzene rings is 1. The van der Waals surface area contributed by atoms with E-state index in [1.807, 2.05) is 12.1 Å². The van der Waals surface area contributed by atoms with E-state index >= 15 is 0 Å². The largest absolute Gasteiger partial charge is 0.309 e. The fourth-order valence-corrected chi connectivity index (χ4v) is 3.82. The van der Waals surface area contributed by atoms with Crippen LogP contribution in [0.3, 0.4) is 0 Å². The van der Waals surface area contributed by atoms with Crippen molar-refractivity contribution in [3.05, 3.63) is 34.9 Å². The maximum atomic E-state index is 6.48. The molecule has 0 aromatic heterocycles. The molecule has 0 radical (unpaired) electrons. The highest BCUT2D eigenvalue weighted by atomic mass is 35.5. The number of nitrogens with one attached hydrogen (secondary N) is 2. The molecule has 3 rings (SSSR count). The van der Waals surface area contributed by atoms with E-state index in [0.29, 0.717) is 6.04 Å². The molecule has 3 heteroatoms. The van der Waals surface area contributed by atoms with E-state index < -0.39 is 0 Å². The first kappa shape index (κ1) is 13.4. The molecule has 0 unspecified atom stereocenters. The van der Waals surface area contributed by atoms with Crippen molar-refractivity contribution in [3.63, 3.8) is 0 Å². The molecule has 0 spiro atoms. The second kappa shape index (κ2) is 5.43. The molecule has 0 aliphatic heterocycles. The Morgan fingerprint density at radius 2 is 1.95 bits per heavy atom. The minimum Gasteiger partial charge on any atom is -0.309 e. The summed E-state index contributed by atoms with van der Waals surface area (Å²) in [6, 6.07) is 9.55. The summed E-state index contributed by atoms with van der Waals surface area (Å²) < 4.78 is 0. The van der Waals surface area contributed by atoms with E-state index in [1.54, 1.807) is 0 Å². The lowest BCUT2D eigenvalue weighted by atomic mass is 9.72. The summed E-state index contributed by atoms with van der Waals surface area (Å²) in [5.74, 6) is 0. The molecule has 2 atom stereocenters. The van der Waals surface area contributed by atoms with Crippen LogP contribution in [0.1, 0.15) is 44.1 Å². The van der Waals surface area contributed by atoms with Crippen molar-refractivity contribution in [2.45, 2.75) is 56.1 Å². The number of halogens is 1. The van der Waals surface area contributed by atoms with Crippen molar-refractivity contribution in [2.24, 2.45) is 0 Å². The highest BCUT2D eigenvalue weighted by Gasteiger charge is 2.43. The molecule has 104 valence electrons. The van der Waals surface area contributed by atoms with Crippen LogP contribution < -0.4 is 10.6 Å². The van der Waals surface area contributed by atoms with Crippen LogP contribution in [0.2, 0.25) is 5.02 Å². The van der Waals surface area contributed by atoms with Crippen LogP contribution in [0.15, 0.2) is 24.3 Å². The third-order valence-corrected chi connectivity index (χ3v) is 5.05. The van der Waals surface area contributed by atoms with Gasteiger partial charge in [-0.2, -0.15) is 0 Å². The van der Waals surface area contributed by atoms with Gasteiger partial charge >= 0.3 is 0 Å². The molecule has 0 heterocycles. The van der Waals surface area contributed by atoms with Crippen molar-refractivity contribution in [2.75, 3.05) is 7.05 Å². The van der Waals surface area contributed by atoms with Crippen molar-refractivity contribution in [3.8, 4) is 0 Å². The highest BCUT2D eigenvalue weighted by Crippen LogP contribution is 2.41. The molecule has 2 fully saturated rings. The zero-order valence-electron chi connectivity index (χ0n) is 11.6. The lowest BCUT2D eigenvalue weighted by molar-refractivity contribution is 0.176. The second-order valence-electron chi connectivity index (χ2n) is 5.94. The molecule has 2 nitrogen and oxygen atoms in total. The van der Waals surface area contributed by atoms with Crippen LogP contribution in [-0.4, -0.2) is 19.1 Å². The molecule has 2 N–H and O–H groups in total. The zero-order chi connectivity index (χ0) is 13.3. The van der Waals surface area contributed by atoms with Gasteiger partial charge in [-0.1, -0.05) is 42.6 Å². The SMILES string of the molecule is CN[C@]1(c2ccccc2Cl)CCCC[C@@H]1NC1CC1. The van der Waals surface area contributed by atoms with Gasteiger partial charge in [0.25, 0.3) is 0 Å². The van der Waals surface area contributed by atoms with Gasteiger partial charge in [0.05, 0.1) is 5.54 Å². The fourth-order valence-electron chi connectivity index (χ4n) is 3.51. The summed E-state index contributed by atoms with van der Waals surface area (Å²) in [4.78, 5) is 0. The van der Waals surface area contributed by atoms with Crippen molar-refractivity contribution >= 4 is 11.6 Å². The second-order valence-corrected chi connectivity index (χ2v) is 6.35. The Bertz CT molecular complexity index is 444. The quantitative estimate of drug-likeness (QED) is 0.882. The standard InChI is InChI=1S/C16H23ClN2/c1-18-16(13-6-2-3-7-14(13)17)11-5-4-8-15(16)19-12-9-10-12/h2-3,6-7,12,15,18-19H,4-5,8-11H2,1H3/t15-,16-/m0/s1. The van der Waals surface area contributed by atoms with Crippen LogP contribution in [0, 0.1) is 0 Å². The summed E-state index contributed by atoms with van der Waals surface area (Å²) in [6.45, 7) is 0. The maximum Gasteiger partial charge on any atom is 0.0602 e. The molecule has 19 heavy (non-hydrogen) atoms. The first-order valence-electron chi connectivity index (χ1n) is 7.46. The van der Waals surface area contributed by atoms with Gasteiger partial charge in [-0.25, -0.2) is 0 Å². The third kappa shape index (κ3) is 2.54. The Kier molecular flexibility index (Phi) is 3.84. The van der Waals surface area contributed by atoms with Crippen LogP contribution in [0.5, 0.6) is 0 Å². The molecule has 1 aromatic rings. The minimum atomic E-state index is -0.000810. The normalized spacial score (nSPS) is 31.4. The van der Waals surface area contributed by atoms with E-state index in [1.165, 1.54) is 37.7 Å². The Morgan fingerprint density at radius 1 is 1.16 bits per heavy atom. The van der Waals surface area contributed by atoms with Crippen LogP contribution in [-0.2, 0) is 5.54 Å². The number of rotatable bonds is 4. The van der Waals surface area contributed by atoms with Gasteiger partial charge in [0, 0.05) is 17.1 Å². The first-order chi connectivity index (χ1) is 9.26. The average molecular weight is 279 g/mol. The molecule has 2 aliphatic rings. The predicted molar refractivity (Wildman–Crippen MR) is 80.6 cm³/mol. The van der Waals surface area contributed by atoms with Gasteiger partial charge in [0.2, 0.25) is 0 Å². The van der Waals surface area contributed by atoms with Gasteiger partial charge in [-0.05, 0) is 44.4 Å². The van der Waals surface area contributed by atoms with Gasteiger partial charge < -0.3 is 10.6 Å². The number of hydrogen-bond donors (Lipinski definition) is 2. The fraction of sp³-hybridized carbons (Fsp3) is 0.625. The Hall–Kier alpha value is -0.570. The number of likely N-dealkylation sites (N-methyl/N-ethyl adjacent to an activating group) is 1. The molecule has 0 amide bonds. The minimum absolute atomic E-state index is 0.000810. The maximum absolute atomic E-state index is 6.48. The van der Waals surface area contributed by atoms with Crippen molar-refractivity contribution < 1.29 is 0 Å². The van der Waals surface area contributed by atoms with E-state index in [-0.39, 0.29) is 5.54 Å². The van der Waals surface area contributed by atoms with Crippen molar-refractivity contribution in [1.29, 1.82) is 0 Å². The summed E-state index contributed by atoms with van der Waals surface area (Å²) in [5, 5.41) is 8.34. The number of hydrogen-bond acceptors (Lipinski definition) is 2. The summed E-state index contributed by atoms with van der Waals surface area (Å²) in [6.07, 6.45) is 7.66. The zero-order valence-corrected chi connectivity index (χ0v) is 12.3. The summed E-state index contributed by atoms with van der Waals surface area (Å²) in [5.41, 5.74) is 1.26. The third-order valence-electron chi connectivity index (χ3n) is 4.72. The van der Waals surface area contributed by atoms with E-state index in [0.717, 1.165) is 17.5 Å². The Morgan fingerprint density at radius 3 is 2.63 bits per heavy atom. The summed E-state index contributed by atoms with van der Waals surface area (Å²) >= 11 is 6.48. The highest BCUT2D eigenvalue weighted by molar-refractivity contribution is 6.31.